The second-order valence-electron chi connectivity index (χ2n) is 7.45. The lowest BCUT2D eigenvalue weighted by atomic mass is 9.95. The van der Waals surface area contributed by atoms with Crippen LogP contribution in [0.1, 0.15) is 18.9 Å². The first kappa shape index (κ1) is 16.9. The Hall–Kier alpha value is -1.59. The number of benzene rings is 1. The number of ether oxygens (including phenoxy) is 2. The van der Waals surface area contributed by atoms with E-state index in [2.05, 4.69) is 22.8 Å². The third kappa shape index (κ3) is 3.40. The number of nitrogens with zero attached hydrogens (tertiary/aromatic N) is 2. The quantitative estimate of drug-likeness (QED) is 0.839. The lowest BCUT2D eigenvalue weighted by molar-refractivity contribution is -0.136. The Morgan fingerprint density at radius 2 is 2.00 bits per heavy atom. The highest BCUT2D eigenvalue weighted by molar-refractivity contribution is 5.80. The van der Waals surface area contributed by atoms with E-state index in [1.54, 1.807) is 0 Å². The van der Waals surface area contributed by atoms with Gasteiger partial charge in [0.05, 0.1) is 19.1 Å². The van der Waals surface area contributed by atoms with Crippen LogP contribution in [0.5, 0.6) is 5.75 Å². The van der Waals surface area contributed by atoms with Crippen LogP contribution in [0.2, 0.25) is 0 Å². The fourth-order valence-electron chi connectivity index (χ4n) is 4.50. The summed E-state index contributed by atoms with van der Waals surface area (Å²) in [6.07, 6.45) is 1.92. The number of morpholine rings is 1. The zero-order chi connectivity index (χ0) is 17.2. The molecule has 1 aromatic rings. The zero-order valence-electron chi connectivity index (χ0n) is 15.0. The summed E-state index contributed by atoms with van der Waals surface area (Å²) in [7, 11) is 0. The molecule has 3 aliphatic heterocycles. The Morgan fingerprint density at radius 3 is 2.80 bits per heavy atom. The molecule has 1 amide bonds. The summed E-state index contributed by atoms with van der Waals surface area (Å²) in [5.41, 5.74) is 1.16. The molecule has 4 rings (SSSR count). The molecule has 3 atom stereocenters. The first-order valence-electron chi connectivity index (χ1n) is 9.57. The van der Waals surface area contributed by atoms with Crippen LogP contribution < -0.4 is 4.74 Å². The SMILES string of the molecule is CC[C@@H]1CN(C(=O)[C@@H]2COc3ccccc3C2)C[C@H]1N1CCOCC1. The minimum atomic E-state index is -0.0455. The summed E-state index contributed by atoms with van der Waals surface area (Å²) < 4.78 is 11.3. The maximum absolute atomic E-state index is 13.1. The van der Waals surface area contributed by atoms with Gasteiger partial charge in [0.2, 0.25) is 5.91 Å². The normalized spacial score (nSPS) is 30.0. The molecule has 0 aliphatic carbocycles. The number of fused-ring (bicyclic) bond motifs is 1. The van der Waals surface area contributed by atoms with Crippen LogP contribution in [0.15, 0.2) is 24.3 Å². The van der Waals surface area contributed by atoms with Crippen LogP contribution in [0, 0.1) is 11.8 Å². The van der Waals surface area contributed by atoms with E-state index in [9.17, 15) is 4.79 Å². The predicted molar refractivity (Wildman–Crippen MR) is 95.7 cm³/mol. The number of carbonyl (C=O) groups excluding carboxylic acids is 1. The van der Waals surface area contributed by atoms with Crippen LogP contribution in [0.4, 0.5) is 0 Å². The molecule has 5 heteroatoms. The van der Waals surface area contributed by atoms with E-state index >= 15 is 0 Å². The van der Waals surface area contributed by atoms with Crippen molar-refractivity contribution in [3.8, 4) is 5.75 Å². The third-order valence-corrected chi connectivity index (χ3v) is 5.99. The molecular formula is C20H28N2O3. The van der Waals surface area contributed by atoms with E-state index in [1.165, 1.54) is 0 Å². The Bertz CT molecular complexity index is 615. The average molecular weight is 344 g/mol. The Morgan fingerprint density at radius 1 is 1.20 bits per heavy atom. The summed E-state index contributed by atoms with van der Waals surface area (Å²) in [6, 6.07) is 8.55. The van der Waals surface area contributed by atoms with Crippen molar-refractivity contribution in [2.45, 2.75) is 25.8 Å². The highest BCUT2D eigenvalue weighted by atomic mass is 16.5. The summed E-state index contributed by atoms with van der Waals surface area (Å²) in [6.45, 7) is 8.09. The molecule has 136 valence electrons. The standard InChI is InChI=1S/C20H28N2O3/c1-2-15-12-22(13-18(15)21-7-9-24-10-8-21)20(23)17-11-16-5-3-4-6-19(16)25-14-17/h3-6,15,17-18H,2,7-14H2,1H3/t15-,17+,18-/m1/s1. The zero-order valence-corrected chi connectivity index (χ0v) is 15.0. The largest absolute Gasteiger partial charge is 0.492 e. The van der Waals surface area contributed by atoms with Gasteiger partial charge in [-0.15, -0.1) is 0 Å². The summed E-state index contributed by atoms with van der Waals surface area (Å²) >= 11 is 0. The molecule has 0 unspecified atom stereocenters. The minimum Gasteiger partial charge on any atom is -0.492 e. The van der Waals surface area contributed by atoms with Gasteiger partial charge in [0, 0.05) is 32.2 Å². The maximum atomic E-state index is 13.1. The van der Waals surface area contributed by atoms with Crippen LogP contribution in [-0.2, 0) is 16.0 Å². The smallest absolute Gasteiger partial charge is 0.229 e. The molecule has 2 fully saturated rings. The molecule has 0 radical (unpaired) electrons. The van der Waals surface area contributed by atoms with Crippen LogP contribution in [0.25, 0.3) is 0 Å². The highest BCUT2D eigenvalue weighted by Crippen LogP contribution is 2.31. The van der Waals surface area contributed by atoms with Crippen LogP contribution >= 0.6 is 0 Å². The van der Waals surface area contributed by atoms with Gasteiger partial charge in [-0.25, -0.2) is 0 Å². The molecule has 2 saturated heterocycles. The molecule has 25 heavy (non-hydrogen) atoms. The minimum absolute atomic E-state index is 0.0455. The number of hydrogen-bond acceptors (Lipinski definition) is 4. The molecule has 0 N–H and O–H groups in total. The van der Waals surface area contributed by atoms with Crippen molar-refractivity contribution in [3.63, 3.8) is 0 Å². The molecule has 3 aliphatic rings. The lowest BCUT2D eigenvalue weighted by Crippen LogP contribution is -2.48. The Balaban J connectivity index is 1.42. The van der Waals surface area contributed by atoms with Gasteiger partial charge >= 0.3 is 0 Å². The van der Waals surface area contributed by atoms with Crippen molar-refractivity contribution in [2.75, 3.05) is 46.0 Å². The van der Waals surface area contributed by atoms with Gasteiger partial charge in [0.25, 0.3) is 0 Å². The van der Waals surface area contributed by atoms with Crippen molar-refractivity contribution in [2.24, 2.45) is 11.8 Å². The molecule has 0 aromatic heterocycles. The molecule has 0 bridgehead atoms. The van der Waals surface area contributed by atoms with Gasteiger partial charge in [-0.3, -0.25) is 9.69 Å². The highest BCUT2D eigenvalue weighted by Gasteiger charge is 2.40. The van der Waals surface area contributed by atoms with Crippen molar-refractivity contribution in [1.82, 2.24) is 9.80 Å². The van der Waals surface area contributed by atoms with Gasteiger partial charge in [-0.2, -0.15) is 0 Å². The van der Waals surface area contributed by atoms with Crippen molar-refractivity contribution in [3.05, 3.63) is 29.8 Å². The first-order chi connectivity index (χ1) is 12.3. The van der Waals surface area contributed by atoms with Gasteiger partial charge < -0.3 is 14.4 Å². The first-order valence-corrected chi connectivity index (χ1v) is 9.57. The lowest BCUT2D eigenvalue weighted by Gasteiger charge is -2.34. The molecule has 0 saturated carbocycles. The van der Waals surface area contributed by atoms with E-state index < -0.39 is 0 Å². The Labute approximate surface area is 149 Å². The van der Waals surface area contributed by atoms with E-state index in [0.717, 1.165) is 63.5 Å². The van der Waals surface area contributed by atoms with Gasteiger partial charge in [0.15, 0.2) is 0 Å². The Kier molecular flexibility index (Phi) is 4.95. The topological polar surface area (TPSA) is 42.0 Å². The fraction of sp³-hybridized carbons (Fsp3) is 0.650. The van der Waals surface area contributed by atoms with Gasteiger partial charge in [-0.1, -0.05) is 31.5 Å². The second-order valence-corrected chi connectivity index (χ2v) is 7.45. The monoisotopic (exact) mass is 344 g/mol. The second kappa shape index (κ2) is 7.34. The summed E-state index contributed by atoms with van der Waals surface area (Å²) in [5.74, 6) is 1.73. The molecule has 5 nitrogen and oxygen atoms in total. The maximum Gasteiger partial charge on any atom is 0.229 e. The fourth-order valence-corrected chi connectivity index (χ4v) is 4.50. The van der Waals surface area contributed by atoms with Gasteiger partial charge in [0.1, 0.15) is 12.4 Å². The van der Waals surface area contributed by atoms with Crippen molar-refractivity contribution >= 4 is 5.91 Å². The van der Waals surface area contributed by atoms with Crippen LogP contribution in [-0.4, -0.2) is 67.7 Å². The predicted octanol–water partition coefficient (Wildman–Crippen LogP) is 1.81. The van der Waals surface area contributed by atoms with E-state index in [-0.39, 0.29) is 11.8 Å². The molecule has 1 aromatic carbocycles. The number of amides is 1. The summed E-state index contributed by atoms with van der Waals surface area (Å²) in [5, 5.41) is 0. The number of carbonyl (C=O) groups is 1. The molecule has 3 heterocycles. The van der Waals surface area contributed by atoms with Crippen molar-refractivity contribution in [1.29, 1.82) is 0 Å². The van der Waals surface area contributed by atoms with E-state index in [0.29, 0.717) is 18.6 Å². The summed E-state index contributed by atoms with van der Waals surface area (Å²) in [4.78, 5) is 17.7. The van der Waals surface area contributed by atoms with Crippen LogP contribution in [0.3, 0.4) is 0 Å². The molecular weight excluding hydrogens is 316 g/mol. The van der Waals surface area contributed by atoms with E-state index in [1.807, 2.05) is 18.2 Å². The van der Waals surface area contributed by atoms with Gasteiger partial charge in [-0.05, 0) is 24.0 Å². The van der Waals surface area contributed by atoms with E-state index in [4.69, 9.17) is 9.47 Å². The third-order valence-electron chi connectivity index (χ3n) is 5.99. The number of hydrogen-bond donors (Lipinski definition) is 0. The average Bonchev–Trinajstić information content (AvgIpc) is 3.12. The molecule has 0 spiro atoms. The van der Waals surface area contributed by atoms with Crippen molar-refractivity contribution < 1.29 is 14.3 Å². The number of para-hydroxylation sites is 1. The number of rotatable bonds is 3. The number of likely N-dealkylation sites (tertiary alicyclic amines) is 1.